The van der Waals surface area contributed by atoms with Gasteiger partial charge in [-0.1, -0.05) is 32.4 Å². The molecule has 0 spiro atoms. The fraction of sp³-hybridized carbons (Fsp3) is 0.360. The molecule has 0 radical (unpaired) electrons. The van der Waals surface area contributed by atoms with E-state index in [0.29, 0.717) is 30.9 Å². The molecule has 2 aromatic carbocycles. The van der Waals surface area contributed by atoms with Gasteiger partial charge in [-0.15, -0.1) is 0 Å². The van der Waals surface area contributed by atoms with Gasteiger partial charge in [-0.2, -0.15) is 0 Å². The number of unbranched alkanes of at least 4 members (excludes halogenated alkanes) is 1. The van der Waals surface area contributed by atoms with Crippen LogP contribution < -0.4 is 9.47 Å². The molecule has 6 heteroatoms. The molecular weight excluding hydrogens is 394 g/mol. The summed E-state index contributed by atoms with van der Waals surface area (Å²) in [6.07, 6.45) is 2.72. The van der Waals surface area contributed by atoms with Crippen molar-refractivity contribution in [3.63, 3.8) is 0 Å². The molecule has 0 bridgehead atoms. The number of methoxy groups -OCH3 is 1. The summed E-state index contributed by atoms with van der Waals surface area (Å²) in [4.78, 5) is 27.2. The summed E-state index contributed by atoms with van der Waals surface area (Å²) in [7, 11) is 1.56. The number of amides is 1. The molecule has 0 aromatic heterocycles. The second-order valence-corrected chi connectivity index (χ2v) is 7.49. The van der Waals surface area contributed by atoms with Gasteiger partial charge in [0.2, 0.25) is 0 Å². The maximum atomic E-state index is 12.9. The lowest BCUT2D eigenvalue weighted by atomic mass is 9.95. The van der Waals surface area contributed by atoms with Crippen LogP contribution >= 0.6 is 0 Å². The van der Waals surface area contributed by atoms with Gasteiger partial charge in [0.25, 0.3) is 11.7 Å². The number of carbonyl (C=O) groups excluding carboxylic acids is 2. The summed E-state index contributed by atoms with van der Waals surface area (Å²) in [5.41, 5.74) is 1.31. The summed E-state index contributed by atoms with van der Waals surface area (Å²) in [5.74, 6) is -0.0777. The molecular formula is C25H29NO5. The summed E-state index contributed by atoms with van der Waals surface area (Å²) in [6, 6.07) is 13.5. The van der Waals surface area contributed by atoms with E-state index in [2.05, 4.69) is 6.92 Å². The summed E-state index contributed by atoms with van der Waals surface area (Å²) in [6.45, 7) is 5.11. The number of nitrogens with zero attached hydrogens (tertiary/aromatic N) is 1. The highest BCUT2D eigenvalue weighted by atomic mass is 16.5. The first-order chi connectivity index (χ1) is 15.0. The second-order valence-electron chi connectivity index (χ2n) is 7.49. The molecule has 1 atom stereocenters. The van der Waals surface area contributed by atoms with Crippen LogP contribution in [0.3, 0.4) is 0 Å². The Morgan fingerprint density at radius 1 is 0.968 bits per heavy atom. The molecule has 31 heavy (non-hydrogen) atoms. The Balaban J connectivity index is 2.01. The summed E-state index contributed by atoms with van der Waals surface area (Å²) in [5, 5.41) is 11.0. The van der Waals surface area contributed by atoms with Crippen LogP contribution in [-0.4, -0.2) is 42.0 Å². The zero-order chi connectivity index (χ0) is 22.4. The lowest BCUT2D eigenvalue weighted by Gasteiger charge is -2.25. The largest absolute Gasteiger partial charge is 0.507 e. The van der Waals surface area contributed by atoms with Gasteiger partial charge in [0.1, 0.15) is 17.3 Å². The molecule has 6 nitrogen and oxygen atoms in total. The average molecular weight is 424 g/mol. The molecule has 3 rings (SSSR count). The third-order valence-electron chi connectivity index (χ3n) is 5.33. The van der Waals surface area contributed by atoms with Crippen molar-refractivity contribution in [2.45, 2.75) is 39.2 Å². The minimum Gasteiger partial charge on any atom is -0.507 e. The van der Waals surface area contributed by atoms with Crippen LogP contribution in [0, 0.1) is 0 Å². The van der Waals surface area contributed by atoms with Gasteiger partial charge in [0, 0.05) is 12.1 Å². The van der Waals surface area contributed by atoms with E-state index in [1.807, 2.05) is 31.2 Å². The van der Waals surface area contributed by atoms with Crippen molar-refractivity contribution in [3.05, 3.63) is 65.2 Å². The van der Waals surface area contributed by atoms with E-state index in [1.54, 1.807) is 31.4 Å². The quantitative estimate of drug-likeness (QED) is 0.274. The maximum Gasteiger partial charge on any atom is 0.295 e. The molecule has 1 heterocycles. The lowest BCUT2D eigenvalue weighted by molar-refractivity contribution is -0.139. The molecule has 2 aromatic rings. The smallest absolute Gasteiger partial charge is 0.295 e. The first-order valence-electron chi connectivity index (χ1n) is 10.7. The third kappa shape index (κ3) is 4.74. The van der Waals surface area contributed by atoms with Gasteiger partial charge in [0.15, 0.2) is 0 Å². The number of benzene rings is 2. The standard InChI is InChI=1S/C25H29NO5/c1-4-6-16-31-20-13-7-17(8-14-20)22-21(24(28)25(29)26(22)15-5-2)23(27)18-9-11-19(30-3)12-10-18/h7-14,22,27H,4-6,15-16H2,1-3H3/b23-21-. The van der Waals surface area contributed by atoms with E-state index in [4.69, 9.17) is 9.47 Å². The first kappa shape index (κ1) is 22.4. The zero-order valence-corrected chi connectivity index (χ0v) is 18.3. The molecule has 0 saturated carbocycles. The molecule has 1 aliphatic rings. The Hall–Kier alpha value is -3.28. The highest BCUT2D eigenvalue weighted by molar-refractivity contribution is 6.46. The predicted molar refractivity (Wildman–Crippen MR) is 119 cm³/mol. The zero-order valence-electron chi connectivity index (χ0n) is 18.3. The number of rotatable bonds is 9. The number of carbonyl (C=O) groups is 2. The van der Waals surface area contributed by atoms with E-state index in [0.717, 1.165) is 24.2 Å². The Morgan fingerprint density at radius 3 is 2.19 bits per heavy atom. The van der Waals surface area contributed by atoms with Crippen molar-refractivity contribution in [2.75, 3.05) is 20.3 Å². The third-order valence-corrected chi connectivity index (χ3v) is 5.33. The summed E-state index contributed by atoms with van der Waals surface area (Å²) < 4.78 is 10.9. The lowest BCUT2D eigenvalue weighted by Crippen LogP contribution is -2.30. The molecule has 1 unspecified atom stereocenters. The van der Waals surface area contributed by atoms with Gasteiger partial charge in [-0.3, -0.25) is 9.59 Å². The van der Waals surface area contributed by atoms with E-state index < -0.39 is 17.7 Å². The summed E-state index contributed by atoms with van der Waals surface area (Å²) >= 11 is 0. The van der Waals surface area contributed by atoms with Crippen molar-refractivity contribution in [1.82, 2.24) is 4.90 Å². The number of Topliss-reactive ketones (excluding diaryl/α,β-unsaturated/α-hetero) is 1. The fourth-order valence-electron chi connectivity index (χ4n) is 3.68. The molecule has 1 N–H and O–H groups in total. The van der Waals surface area contributed by atoms with E-state index in [-0.39, 0.29) is 11.3 Å². The van der Waals surface area contributed by atoms with Crippen molar-refractivity contribution < 1.29 is 24.2 Å². The Morgan fingerprint density at radius 2 is 1.61 bits per heavy atom. The van der Waals surface area contributed by atoms with Crippen LogP contribution in [0.5, 0.6) is 11.5 Å². The molecule has 1 aliphatic heterocycles. The Bertz CT molecular complexity index is 947. The van der Waals surface area contributed by atoms with E-state index >= 15 is 0 Å². The highest BCUT2D eigenvalue weighted by Crippen LogP contribution is 2.40. The molecule has 1 fully saturated rings. The molecule has 0 aliphatic carbocycles. The number of aliphatic hydroxyl groups is 1. The minimum absolute atomic E-state index is 0.100. The topological polar surface area (TPSA) is 76.1 Å². The van der Waals surface area contributed by atoms with Crippen LogP contribution in [0.2, 0.25) is 0 Å². The number of aliphatic hydroxyl groups excluding tert-OH is 1. The van der Waals surface area contributed by atoms with Crippen LogP contribution in [0.25, 0.3) is 5.76 Å². The number of ketones is 1. The number of hydrogen-bond acceptors (Lipinski definition) is 5. The van der Waals surface area contributed by atoms with Crippen LogP contribution in [0.4, 0.5) is 0 Å². The minimum atomic E-state index is -0.671. The van der Waals surface area contributed by atoms with Gasteiger partial charge in [0.05, 0.1) is 25.3 Å². The number of hydrogen-bond donors (Lipinski definition) is 1. The number of likely N-dealkylation sites (tertiary alicyclic amines) is 1. The van der Waals surface area contributed by atoms with Gasteiger partial charge >= 0.3 is 0 Å². The molecule has 164 valence electrons. The van der Waals surface area contributed by atoms with Gasteiger partial charge in [-0.25, -0.2) is 0 Å². The first-order valence-corrected chi connectivity index (χ1v) is 10.7. The molecule has 1 saturated heterocycles. The fourth-order valence-corrected chi connectivity index (χ4v) is 3.68. The Kier molecular flexibility index (Phi) is 7.34. The normalized spacial score (nSPS) is 17.8. The Labute approximate surface area is 183 Å². The second kappa shape index (κ2) is 10.2. The van der Waals surface area contributed by atoms with Crippen molar-refractivity contribution in [1.29, 1.82) is 0 Å². The van der Waals surface area contributed by atoms with E-state index in [1.165, 1.54) is 4.90 Å². The van der Waals surface area contributed by atoms with Gasteiger partial charge in [-0.05, 0) is 54.8 Å². The van der Waals surface area contributed by atoms with Gasteiger partial charge < -0.3 is 19.5 Å². The molecule has 1 amide bonds. The highest BCUT2D eigenvalue weighted by Gasteiger charge is 2.45. The van der Waals surface area contributed by atoms with E-state index in [9.17, 15) is 14.7 Å². The average Bonchev–Trinajstić information content (AvgIpc) is 3.04. The monoisotopic (exact) mass is 423 g/mol. The van der Waals surface area contributed by atoms with Crippen LogP contribution in [0.15, 0.2) is 54.1 Å². The van der Waals surface area contributed by atoms with Crippen LogP contribution in [0.1, 0.15) is 50.3 Å². The van der Waals surface area contributed by atoms with Crippen molar-refractivity contribution in [3.8, 4) is 11.5 Å². The van der Waals surface area contributed by atoms with Crippen molar-refractivity contribution >= 4 is 17.4 Å². The predicted octanol–water partition coefficient (Wildman–Crippen LogP) is 4.71. The SMILES string of the molecule is CCCCOc1ccc(C2/C(=C(/O)c3ccc(OC)cc3)C(=O)C(=O)N2CCC)cc1. The van der Waals surface area contributed by atoms with Crippen LogP contribution in [-0.2, 0) is 9.59 Å². The van der Waals surface area contributed by atoms with Crippen molar-refractivity contribution in [2.24, 2.45) is 0 Å². The number of ether oxygens (including phenoxy) is 2. The maximum absolute atomic E-state index is 12.9.